The minimum absolute atomic E-state index is 0.0340. The molecule has 0 radical (unpaired) electrons. The first kappa shape index (κ1) is 20.8. The second-order valence-corrected chi connectivity index (χ2v) is 7.01. The first-order valence-electron chi connectivity index (χ1n) is 8.81. The van der Waals surface area contributed by atoms with Crippen molar-refractivity contribution in [2.24, 2.45) is 0 Å². The first-order chi connectivity index (χ1) is 13.9. The number of nitrogens with one attached hydrogen (secondary N) is 1. The zero-order valence-corrected chi connectivity index (χ0v) is 17.7. The number of ether oxygens (including phenoxy) is 2. The average Bonchev–Trinajstić information content (AvgIpc) is 2.71. The van der Waals surface area contributed by atoms with Gasteiger partial charge in [0.2, 0.25) is 0 Å². The second kappa shape index (κ2) is 8.63. The van der Waals surface area contributed by atoms with Crippen molar-refractivity contribution in [1.29, 1.82) is 0 Å². The highest BCUT2D eigenvalue weighted by Crippen LogP contribution is 2.37. The summed E-state index contributed by atoms with van der Waals surface area (Å²) in [6.45, 7) is 2.04. The van der Waals surface area contributed by atoms with Gasteiger partial charge in [0.1, 0.15) is 5.57 Å². The fourth-order valence-corrected chi connectivity index (χ4v) is 3.54. The maximum absolute atomic E-state index is 13.1. The molecule has 1 aliphatic rings. The third-order valence-corrected chi connectivity index (χ3v) is 5.04. The number of amides is 2. The van der Waals surface area contributed by atoms with Gasteiger partial charge in [0.15, 0.2) is 16.6 Å². The van der Waals surface area contributed by atoms with Gasteiger partial charge in [-0.1, -0.05) is 30.7 Å². The van der Waals surface area contributed by atoms with E-state index in [1.165, 1.54) is 25.2 Å². The largest absolute Gasteiger partial charge is 0.493 e. The van der Waals surface area contributed by atoms with E-state index >= 15 is 0 Å². The number of halogens is 1. The number of thiocarbonyl (C=S) groups is 1. The minimum Gasteiger partial charge on any atom is -0.493 e. The van der Waals surface area contributed by atoms with Crippen molar-refractivity contribution in [2.75, 3.05) is 19.1 Å². The van der Waals surface area contributed by atoms with Crippen LogP contribution in [0.5, 0.6) is 11.5 Å². The summed E-state index contributed by atoms with van der Waals surface area (Å²) in [6, 6.07) is 10.6. The summed E-state index contributed by atoms with van der Waals surface area (Å²) in [5, 5.41) is 2.89. The van der Waals surface area contributed by atoms with Crippen molar-refractivity contribution in [3.05, 3.63) is 58.1 Å². The standard InChI is InChI=1S/C21H19ClN2O4S/c1-4-12-5-7-14(8-6-12)24-20(26)15(19(25)23-21(24)29)9-13-10-16(22)18(28-3)17(11-13)27-2/h5-11H,4H2,1-3H3,(H,23,25,29)/b15-9+. The Bertz CT molecular complexity index is 1020. The number of nitrogens with zero attached hydrogens (tertiary/aromatic N) is 1. The molecule has 0 bridgehead atoms. The van der Waals surface area contributed by atoms with Crippen LogP contribution in [0.1, 0.15) is 18.1 Å². The van der Waals surface area contributed by atoms with E-state index in [0.29, 0.717) is 27.8 Å². The van der Waals surface area contributed by atoms with E-state index < -0.39 is 11.8 Å². The molecule has 1 heterocycles. The molecule has 0 saturated carbocycles. The summed E-state index contributed by atoms with van der Waals surface area (Å²) >= 11 is 11.5. The average molecular weight is 431 g/mol. The second-order valence-electron chi connectivity index (χ2n) is 6.22. The van der Waals surface area contributed by atoms with Crippen molar-refractivity contribution in [3.8, 4) is 11.5 Å². The van der Waals surface area contributed by atoms with E-state index in [2.05, 4.69) is 5.32 Å². The lowest BCUT2D eigenvalue weighted by molar-refractivity contribution is -0.122. The maximum atomic E-state index is 13.1. The number of benzene rings is 2. The van der Waals surface area contributed by atoms with Crippen LogP contribution < -0.4 is 19.7 Å². The maximum Gasteiger partial charge on any atom is 0.270 e. The summed E-state index contributed by atoms with van der Waals surface area (Å²) in [6.07, 6.45) is 2.32. The van der Waals surface area contributed by atoms with Gasteiger partial charge in [0.25, 0.3) is 11.8 Å². The number of aryl methyl sites for hydroxylation is 1. The lowest BCUT2D eigenvalue weighted by atomic mass is 10.1. The number of anilines is 1. The molecule has 1 N–H and O–H groups in total. The van der Waals surface area contributed by atoms with Crippen LogP contribution in [0, 0.1) is 0 Å². The van der Waals surface area contributed by atoms with E-state index in [-0.39, 0.29) is 10.7 Å². The molecule has 150 valence electrons. The number of carbonyl (C=O) groups excluding carboxylic acids is 2. The van der Waals surface area contributed by atoms with E-state index in [0.717, 1.165) is 12.0 Å². The van der Waals surface area contributed by atoms with Crippen LogP contribution >= 0.6 is 23.8 Å². The molecule has 2 amide bonds. The van der Waals surface area contributed by atoms with E-state index in [1.54, 1.807) is 24.3 Å². The molecule has 1 aliphatic heterocycles. The molecule has 0 aliphatic carbocycles. The molecule has 3 rings (SSSR count). The third kappa shape index (κ3) is 4.11. The highest BCUT2D eigenvalue weighted by atomic mass is 35.5. The summed E-state index contributed by atoms with van der Waals surface area (Å²) in [5.74, 6) is -0.339. The fraction of sp³-hybridized carbons (Fsp3) is 0.190. The number of methoxy groups -OCH3 is 2. The van der Waals surface area contributed by atoms with Crippen molar-refractivity contribution in [1.82, 2.24) is 5.32 Å². The van der Waals surface area contributed by atoms with Crippen LogP contribution in [0.2, 0.25) is 5.02 Å². The summed E-state index contributed by atoms with van der Waals surface area (Å²) in [7, 11) is 2.95. The molecule has 6 nitrogen and oxygen atoms in total. The third-order valence-electron chi connectivity index (χ3n) is 4.47. The Morgan fingerprint density at radius 3 is 2.41 bits per heavy atom. The van der Waals surface area contributed by atoms with Crippen LogP contribution in [0.3, 0.4) is 0 Å². The lowest BCUT2D eigenvalue weighted by Gasteiger charge is -2.29. The molecule has 0 unspecified atom stereocenters. The molecule has 0 atom stereocenters. The van der Waals surface area contributed by atoms with Gasteiger partial charge in [-0.2, -0.15) is 0 Å². The van der Waals surface area contributed by atoms with E-state index in [9.17, 15) is 9.59 Å². The number of hydrogen-bond donors (Lipinski definition) is 1. The Kier molecular flexibility index (Phi) is 6.20. The molecular formula is C21H19ClN2O4S. The predicted octanol–water partition coefficient (Wildman–Crippen LogP) is 3.75. The van der Waals surface area contributed by atoms with Crippen molar-refractivity contribution in [3.63, 3.8) is 0 Å². The predicted molar refractivity (Wildman–Crippen MR) is 117 cm³/mol. The van der Waals surface area contributed by atoms with Gasteiger partial charge < -0.3 is 9.47 Å². The molecule has 0 spiro atoms. The highest BCUT2D eigenvalue weighted by Gasteiger charge is 2.34. The zero-order chi connectivity index (χ0) is 21.1. The van der Waals surface area contributed by atoms with Crippen molar-refractivity contribution in [2.45, 2.75) is 13.3 Å². The first-order valence-corrected chi connectivity index (χ1v) is 9.60. The Morgan fingerprint density at radius 1 is 1.14 bits per heavy atom. The zero-order valence-electron chi connectivity index (χ0n) is 16.1. The Balaban J connectivity index is 2.02. The van der Waals surface area contributed by atoms with Gasteiger partial charge >= 0.3 is 0 Å². The Hall–Kier alpha value is -2.90. The lowest BCUT2D eigenvalue weighted by Crippen LogP contribution is -2.54. The van der Waals surface area contributed by atoms with Crippen LogP contribution in [0.15, 0.2) is 42.0 Å². The number of rotatable bonds is 5. The Labute approximate surface area is 179 Å². The van der Waals surface area contributed by atoms with Crippen LogP contribution in [-0.4, -0.2) is 31.1 Å². The normalized spacial score (nSPS) is 15.5. The van der Waals surface area contributed by atoms with Crippen molar-refractivity contribution < 1.29 is 19.1 Å². The number of hydrogen-bond acceptors (Lipinski definition) is 5. The van der Waals surface area contributed by atoms with Gasteiger partial charge in [-0.15, -0.1) is 0 Å². The summed E-state index contributed by atoms with van der Waals surface area (Å²) < 4.78 is 10.5. The molecule has 2 aromatic rings. The van der Waals surface area contributed by atoms with E-state index in [4.69, 9.17) is 33.3 Å². The van der Waals surface area contributed by atoms with Crippen LogP contribution in [-0.2, 0) is 16.0 Å². The van der Waals surface area contributed by atoms with Gasteiger partial charge in [0.05, 0.1) is 24.9 Å². The molecule has 0 aromatic heterocycles. The van der Waals surface area contributed by atoms with Gasteiger partial charge in [-0.3, -0.25) is 19.8 Å². The smallest absolute Gasteiger partial charge is 0.270 e. The molecule has 1 saturated heterocycles. The quantitative estimate of drug-likeness (QED) is 0.444. The van der Waals surface area contributed by atoms with Gasteiger partial charge in [-0.25, -0.2) is 0 Å². The minimum atomic E-state index is -0.577. The molecule has 1 fully saturated rings. The topological polar surface area (TPSA) is 67.9 Å². The van der Waals surface area contributed by atoms with Crippen LogP contribution in [0.25, 0.3) is 6.08 Å². The SMILES string of the molecule is CCc1ccc(N2C(=O)/C(=C/c3cc(Cl)c(OC)c(OC)c3)C(=O)NC2=S)cc1. The molecule has 2 aromatic carbocycles. The molecular weight excluding hydrogens is 412 g/mol. The molecule has 29 heavy (non-hydrogen) atoms. The molecule has 8 heteroatoms. The summed E-state index contributed by atoms with van der Waals surface area (Å²) in [4.78, 5) is 26.8. The Morgan fingerprint density at radius 2 is 1.83 bits per heavy atom. The van der Waals surface area contributed by atoms with Crippen molar-refractivity contribution >= 4 is 52.5 Å². The summed E-state index contributed by atoms with van der Waals surface area (Å²) in [5.41, 5.74) is 2.15. The van der Waals surface area contributed by atoms with Gasteiger partial charge in [0, 0.05) is 0 Å². The number of carbonyl (C=O) groups is 2. The monoisotopic (exact) mass is 430 g/mol. The fourth-order valence-electron chi connectivity index (χ4n) is 2.96. The van der Waals surface area contributed by atoms with E-state index in [1.807, 2.05) is 19.1 Å². The highest BCUT2D eigenvalue weighted by molar-refractivity contribution is 7.80. The van der Waals surface area contributed by atoms with Crippen LogP contribution in [0.4, 0.5) is 5.69 Å². The van der Waals surface area contributed by atoms with Gasteiger partial charge in [-0.05, 0) is 60.1 Å².